The van der Waals surface area contributed by atoms with Crippen molar-refractivity contribution >= 4 is 24.4 Å². The summed E-state index contributed by atoms with van der Waals surface area (Å²) in [4.78, 5) is 23.8. The van der Waals surface area contributed by atoms with Crippen LogP contribution in [0.4, 0.5) is 0 Å². The molecule has 0 spiro atoms. The molecule has 0 radical (unpaired) electrons. The Bertz CT molecular complexity index is 1140. The summed E-state index contributed by atoms with van der Waals surface area (Å²) in [6.07, 6.45) is 12.7. The monoisotopic (exact) mass is 624 g/mol. The number of aryl methyl sites for hydroxylation is 1. The highest BCUT2D eigenvalue weighted by Crippen LogP contribution is 2.43. The average Bonchev–Trinajstić information content (AvgIpc) is 3.03. The number of aromatic nitrogens is 1. The molecule has 7 nitrogen and oxygen atoms in total. The van der Waals surface area contributed by atoms with E-state index in [2.05, 4.69) is 81.4 Å². The summed E-state index contributed by atoms with van der Waals surface area (Å²) in [5.74, 6) is 0.348. The van der Waals surface area contributed by atoms with Crippen molar-refractivity contribution in [2.75, 3.05) is 45.8 Å². The van der Waals surface area contributed by atoms with Crippen LogP contribution in [0, 0.1) is 5.92 Å². The van der Waals surface area contributed by atoms with Crippen LogP contribution in [0.5, 0.6) is 0 Å². The summed E-state index contributed by atoms with van der Waals surface area (Å²) in [7, 11) is 5.93. The van der Waals surface area contributed by atoms with E-state index >= 15 is 0 Å². The Kier molecular flexibility index (Phi) is 12.4. The Morgan fingerprint density at radius 3 is 2.74 bits per heavy atom. The highest BCUT2D eigenvalue weighted by molar-refractivity contribution is 7.39. The molecule has 2 aliphatic carbocycles. The molecule has 2 heterocycles. The molecule has 9 heteroatoms. The van der Waals surface area contributed by atoms with Crippen LogP contribution < -0.4 is 16.4 Å². The van der Waals surface area contributed by atoms with Gasteiger partial charge in [0.05, 0.1) is 17.8 Å². The summed E-state index contributed by atoms with van der Waals surface area (Å²) >= 11 is 0. The van der Waals surface area contributed by atoms with Gasteiger partial charge in [-0.2, -0.15) is 0 Å². The van der Waals surface area contributed by atoms with Crippen LogP contribution in [0.25, 0.3) is 0 Å². The Hall–Kier alpha value is -1.46. The smallest absolute Gasteiger partial charge is 0.223 e. The largest absolute Gasteiger partial charge is 0.349 e. The van der Waals surface area contributed by atoms with Crippen molar-refractivity contribution < 1.29 is 4.79 Å². The second-order valence-electron chi connectivity index (χ2n) is 13.2. The maximum Gasteiger partial charge on any atom is 0.223 e. The van der Waals surface area contributed by atoms with Gasteiger partial charge in [-0.1, -0.05) is 36.4 Å². The first-order valence-electron chi connectivity index (χ1n) is 16.7. The van der Waals surface area contributed by atoms with Crippen LogP contribution in [0.1, 0.15) is 86.7 Å². The fourth-order valence-electron chi connectivity index (χ4n) is 7.30. The van der Waals surface area contributed by atoms with Crippen molar-refractivity contribution in [3.63, 3.8) is 0 Å². The zero-order valence-electron chi connectivity index (χ0n) is 25.9. The number of unbranched alkanes of at least 4 members (excludes halogenated alkanes) is 1. The van der Waals surface area contributed by atoms with E-state index in [4.69, 9.17) is 10.7 Å². The summed E-state index contributed by atoms with van der Waals surface area (Å²) < 4.78 is 0. The second-order valence-corrected chi connectivity index (χ2v) is 16.1. The van der Waals surface area contributed by atoms with E-state index in [1.165, 1.54) is 29.7 Å². The Morgan fingerprint density at radius 1 is 1.14 bits per heavy atom. The molecule has 1 saturated carbocycles. The summed E-state index contributed by atoms with van der Waals surface area (Å²) in [5.41, 5.74) is 9.79. The molecule has 4 N–H and O–H groups in total. The predicted octanol–water partition coefficient (Wildman–Crippen LogP) is 4.66. The lowest BCUT2D eigenvalue weighted by atomic mass is 9.87. The van der Waals surface area contributed by atoms with Crippen molar-refractivity contribution in [1.29, 1.82) is 0 Å². The van der Waals surface area contributed by atoms with Crippen LogP contribution >= 0.6 is 18.5 Å². The highest BCUT2D eigenvalue weighted by Gasteiger charge is 2.33. The standard InChI is InChI=1S/C34H54N6OP2/c35-18-4-5-21-40(31-12-6-10-27-11-7-19-37-32(27)31)25-29-24-39(23-20-36-29)22-15-30(26-8-2-1-3-9-26)38-33(41)28-13-16-34(42,43)17-14-28/h1-3,7-9,11,19,28-31,36H,4-6,10,12-18,20-25,35,42-43H2,(H,38,41)/t29-,30+,31-/m0/s1. The van der Waals surface area contributed by atoms with E-state index < -0.39 is 0 Å². The van der Waals surface area contributed by atoms with E-state index in [-0.39, 0.29) is 22.8 Å². The number of pyridine rings is 1. The van der Waals surface area contributed by atoms with E-state index in [0.717, 1.165) is 97.2 Å². The van der Waals surface area contributed by atoms with Gasteiger partial charge < -0.3 is 21.3 Å². The van der Waals surface area contributed by atoms with Crippen LogP contribution in [-0.4, -0.2) is 77.4 Å². The minimum absolute atomic E-state index is 0.0401. The van der Waals surface area contributed by atoms with Gasteiger partial charge in [0, 0.05) is 50.9 Å². The summed E-state index contributed by atoms with van der Waals surface area (Å²) in [6, 6.07) is 15.7. The zero-order chi connectivity index (χ0) is 30.1. The molecular formula is C34H54N6OP2. The lowest BCUT2D eigenvalue weighted by Crippen LogP contribution is -2.55. The lowest BCUT2D eigenvalue weighted by Gasteiger charge is -2.41. The van der Waals surface area contributed by atoms with Gasteiger partial charge in [-0.3, -0.25) is 14.7 Å². The Balaban J connectivity index is 1.20. The van der Waals surface area contributed by atoms with Crippen molar-refractivity contribution in [3.8, 4) is 0 Å². The third kappa shape index (κ3) is 9.52. The molecule has 1 amide bonds. The first kappa shape index (κ1) is 32.9. The average molecular weight is 625 g/mol. The molecule has 2 unspecified atom stereocenters. The minimum Gasteiger partial charge on any atom is -0.349 e. The number of nitrogens with one attached hydrogen (secondary N) is 2. The number of hydrogen-bond acceptors (Lipinski definition) is 6. The number of nitrogens with two attached hydrogens (primary N) is 1. The number of hydrogen-bond donors (Lipinski definition) is 3. The van der Waals surface area contributed by atoms with Gasteiger partial charge in [-0.05, 0) is 99.4 Å². The molecule has 1 aromatic heterocycles. The number of carbonyl (C=O) groups is 1. The first-order chi connectivity index (χ1) is 20.9. The van der Waals surface area contributed by atoms with E-state index in [1.807, 2.05) is 6.20 Å². The van der Waals surface area contributed by atoms with Crippen LogP contribution in [0.2, 0.25) is 0 Å². The van der Waals surface area contributed by atoms with Crippen molar-refractivity contribution in [1.82, 2.24) is 25.4 Å². The highest BCUT2D eigenvalue weighted by atomic mass is 31.1. The summed E-state index contributed by atoms with van der Waals surface area (Å²) in [6.45, 7) is 6.88. The number of carbonyl (C=O) groups excluding carboxylic acids is 1. The van der Waals surface area contributed by atoms with Crippen LogP contribution in [0.3, 0.4) is 0 Å². The van der Waals surface area contributed by atoms with E-state index in [1.54, 1.807) is 0 Å². The van der Waals surface area contributed by atoms with Crippen LogP contribution in [0.15, 0.2) is 48.7 Å². The van der Waals surface area contributed by atoms with E-state index in [0.29, 0.717) is 12.1 Å². The van der Waals surface area contributed by atoms with Crippen LogP contribution in [-0.2, 0) is 11.2 Å². The summed E-state index contributed by atoms with van der Waals surface area (Å²) in [5, 5.41) is 7.31. The van der Waals surface area contributed by atoms with Crippen molar-refractivity contribution in [2.24, 2.45) is 11.7 Å². The van der Waals surface area contributed by atoms with Gasteiger partial charge in [0.1, 0.15) is 0 Å². The number of nitrogens with zero attached hydrogens (tertiary/aromatic N) is 3. The van der Waals surface area contributed by atoms with Crippen molar-refractivity contribution in [3.05, 3.63) is 65.5 Å². The third-order valence-corrected chi connectivity index (χ3v) is 11.0. The molecule has 43 heavy (non-hydrogen) atoms. The molecule has 236 valence electrons. The van der Waals surface area contributed by atoms with Gasteiger partial charge in [0.15, 0.2) is 0 Å². The molecule has 3 aliphatic rings. The Morgan fingerprint density at radius 2 is 1.95 bits per heavy atom. The number of amides is 1. The lowest BCUT2D eigenvalue weighted by molar-refractivity contribution is -0.126. The molecule has 0 bridgehead atoms. The molecule has 1 saturated heterocycles. The number of rotatable bonds is 13. The Labute approximate surface area is 264 Å². The molecule has 1 aliphatic heterocycles. The number of piperazine rings is 1. The normalized spacial score (nSPS) is 23.5. The third-order valence-electron chi connectivity index (χ3n) is 9.84. The fraction of sp³-hybridized carbons (Fsp3) is 0.647. The molecule has 1 aromatic carbocycles. The van der Waals surface area contributed by atoms with Gasteiger partial charge in [-0.15, -0.1) is 18.5 Å². The quantitative estimate of drug-likeness (QED) is 0.222. The molecule has 2 fully saturated rings. The van der Waals surface area contributed by atoms with Gasteiger partial charge >= 0.3 is 0 Å². The number of benzene rings is 1. The van der Waals surface area contributed by atoms with Gasteiger partial charge in [0.25, 0.3) is 0 Å². The SMILES string of the molecule is NCCCCN(C[C@@H]1CN(CC[C@@H](NC(=O)C2CCC(P)(P)CC2)c2ccccc2)CCN1)[C@H]1CCCc2cccnc21. The molecule has 5 atom stereocenters. The fourth-order valence-corrected chi connectivity index (χ4v) is 7.97. The molecule has 5 rings (SSSR count). The molecular weight excluding hydrogens is 570 g/mol. The van der Waals surface area contributed by atoms with E-state index in [9.17, 15) is 4.79 Å². The van der Waals surface area contributed by atoms with Gasteiger partial charge in [-0.25, -0.2) is 0 Å². The second kappa shape index (κ2) is 16.2. The zero-order valence-corrected chi connectivity index (χ0v) is 28.2. The van der Waals surface area contributed by atoms with Gasteiger partial charge in [0.2, 0.25) is 5.91 Å². The maximum atomic E-state index is 13.4. The van der Waals surface area contributed by atoms with Crippen molar-refractivity contribution in [2.45, 2.75) is 87.2 Å². The molecule has 2 aromatic rings. The maximum absolute atomic E-state index is 13.4. The number of fused-ring (bicyclic) bond motifs is 1. The first-order valence-corrected chi connectivity index (χ1v) is 17.8. The topological polar surface area (TPSA) is 86.5 Å². The predicted molar refractivity (Wildman–Crippen MR) is 184 cm³/mol. The minimum atomic E-state index is 0.0401.